The third-order valence-electron chi connectivity index (χ3n) is 3.30. The van der Waals surface area contributed by atoms with Crippen LogP contribution in [0.15, 0.2) is 41.8 Å². The zero-order chi connectivity index (χ0) is 14.7. The van der Waals surface area contributed by atoms with Crippen molar-refractivity contribution in [1.82, 2.24) is 14.9 Å². The van der Waals surface area contributed by atoms with Crippen LogP contribution in [0, 0.1) is 0 Å². The Morgan fingerprint density at radius 1 is 1.10 bits per heavy atom. The van der Waals surface area contributed by atoms with Gasteiger partial charge in [0.25, 0.3) is 0 Å². The number of anilines is 1. The summed E-state index contributed by atoms with van der Waals surface area (Å²) in [5.74, 6) is 1.73. The number of nitrogens with zero attached hydrogens (tertiary/aromatic N) is 3. The molecular formula is C16H18N4S. The van der Waals surface area contributed by atoms with Crippen molar-refractivity contribution in [1.29, 1.82) is 0 Å². The van der Waals surface area contributed by atoms with E-state index in [0.29, 0.717) is 0 Å². The first-order chi connectivity index (χ1) is 10.3. The van der Waals surface area contributed by atoms with Gasteiger partial charge in [-0.2, -0.15) is 0 Å². The van der Waals surface area contributed by atoms with Gasteiger partial charge in [-0.05, 0) is 30.6 Å². The molecule has 108 valence electrons. The summed E-state index contributed by atoms with van der Waals surface area (Å²) in [6.45, 7) is 1.65. The molecule has 3 aromatic rings. The summed E-state index contributed by atoms with van der Waals surface area (Å²) in [5.41, 5.74) is 0.983. The molecule has 0 aliphatic heterocycles. The van der Waals surface area contributed by atoms with Crippen LogP contribution in [0.2, 0.25) is 0 Å². The van der Waals surface area contributed by atoms with Gasteiger partial charge in [-0.15, -0.1) is 11.3 Å². The Morgan fingerprint density at radius 2 is 1.95 bits per heavy atom. The molecule has 0 aliphatic rings. The lowest BCUT2D eigenvalue weighted by Crippen LogP contribution is -2.18. The number of thiophene rings is 1. The molecule has 0 fully saturated rings. The van der Waals surface area contributed by atoms with Crippen LogP contribution < -0.4 is 5.32 Å². The Labute approximate surface area is 128 Å². The molecule has 21 heavy (non-hydrogen) atoms. The Morgan fingerprint density at radius 3 is 2.71 bits per heavy atom. The van der Waals surface area contributed by atoms with Gasteiger partial charge in [0.1, 0.15) is 11.6 Å². The van der Waals surface area contributed by atoms with Crippen molar-refractivity contribution in [2.24, 2.45) is 0 Å². The van der Waals surface area contributed by atoms with Crippen LogP contribution in [0.1, 0.15) is 10.7 Å². The SMILES string of the molecule is CNc1nc(CN(C)Cc2cccs2)nc2ccccc12. The van der Waals surface area contributed by atoms with Gasteiger partial charge in [-0.1, -0.05) is 18.2 Å². The fourth-order valence-electron chi connectivity index (χ4n) is 2.35. The van der Waals surface area contributed by atoms with Gasteiger partial charge in [0, 0.05) is 23.9 Å². The van der Waals surface area contributed by atoms with Crippen molar-refractivity contribution in [3.8, 4) is 0 Å². The molecule has 5 heteroatoms. The second kappa shape index (κ2) is 6.20. The van der Waals surface area contributed by atoms with Crippen LogP contribution >= 0.6 is 11.3 Å². The molecule has 1 N–H and O–H groups in total. The molecule has 2 aromatic heterocycles. The summed E-state index contributed by atoms with van der Waals surface area (Å²) in [4.78, 5) is 12.9. The zero-order valence-electron chi connectivity index (χ0n) is 12.2. The van der Waals surface area contributed by atoms with E-state index in [1.807, 2.05) is 31.3 Å². The molecule has 0 aliphatic carbocycles. The maximum absolute atomic E-state index is 4.66. The molecule has 3 rings (SSSR count). The lowest BCUT2D eigenvalue weighted by atomic mass is 10.2. The first-order valence-electron chi connectivity index (χ1n) is 6.90. The summed E-state index contributed by atoms with van der Waals surface area (Å²) in [7, 11) is 3.99. The molecule has 0 spiro atoms. The lowest BCUT2D eigenvalue weighted by molar-refractivity contribution is 0.314. The van der Waals surface area contributed by atoms with Crippen molar-refractivity contribution < 1.29 is 0 Å². The summed E-state index contributed by atoms with van der Waals surface area (Å²) in [6.07, 6.45) is 0. The zero-order valence-corrected chi connectivity index (χ0v) is 13.0. The predicted molar refractivity (Wildman–Crippen MR) is 88.6 cm³/mol. The number of benzene rings is 1. The van der Waals surface area contributed by atoms with Crippen LogP contribution in [0.3, 0.4) is 0 Å². The average molecular weight is 298 g/mol. The Hall–Kier alpha value is -1.98. The molecule has 1 aromatic carbocycles. The fourth-order valence-corrected chi connectivity index (χ4v) is 3.14. The molecule has 0 radical (unpaired) electrons. The number of fused-ring (bicyclic) bond motifs is 1. The number of hydrogen-bond acceptors (Lipinski definition) is 5. The normalized spacial score (nSPS) is 11.2. The van der Waals surface area contributed by atoms with E-state index in [1.165, 1.54) is 4.88 Å². The van der Waals surface area contributed by atoms with E-state index in [9.17, 15) is 0 Å². The van der Waals surface area contributed by atoms with E-state index >= 15 is 0 Å². The number of aromatic nitrogens is 2. The van der Waals surface area contributed by atoms with E-state index in [4.69, 9.17) is 0 Å². The highest BCUT2D eigenvalue weighted by Crippen LogP contribution is 2.20. The van der Waals surface area contributed by atoms with E-state index in [2.05, 4.69) is 44.7 Å². The van der Waals surface area contributed by atoms with Gasteiger partial charge >= 0.3 is 0 Å². The Bertz CT molecular complexity index is 724. The maximum Gasteiger partial charge on any atom is 0.145 e. The molecular weight excluding hydrogens is 280 g/mol. The Kier molecular flexibility index (Phi) is 4.13. The first kappa shape index (κ1) is 14.0. The monoisotopic (exact) mass is 298 g/mol. The molecule has 0 saturated heterocycles. The second-order valence-corrected chi connectivity index (χ2v) is 6.04. The van der Waals surface area contributed by atoms with E-state index in [-0.39, 0.29) is 0 Å². The van der Waals surface area contributed by atoms with Crippen LogP contribution in [0.5, 0.6) is 0 Å². The summed E-state index contributed by atoms with van der Waals surface area (Å²) in [6, 6.07) is 12.3. The molecule has 0 bridgehead atoms. The van der Waals surface area contributed by atoms with Crippen molar-refractivity contribution in [3.05, 3.63) is 52.5 Å². The second-order valence-electron chi connectivity index (χ2n) is 5.01. The summed E-state index contributed by atoms with van der Waals surface area (Å²) < 4.78 is 0. The molecule has 2 heterocycles. The van der Waals surface area contributed by atoms with Crippen LogP contribution in [-0.4, -0.2) is 29.0 Å². The first-order valence-corrected chi connectivity index (χ1v) is 7.78. The van der Waals surface area contributed by atoms with Crippen LogP contribution in [0.25, 0.3) is 10.9 Å². The minimum atomic E-state index is 0.734. The highest BCUT2D eigenvalue weighted by molar-refractivity contribution is 7.09. The van der Waals surface area contributed by atoms with Gasteiger partial charge in [0.05, 0.1) is 12.1 Å². The molecule has 0 atom stereocenters. The lowest BCUT2D eigenvalue weighted by Gasteiger charge is -2.15. The minimum absolute atomic E-state index is 0.734. The maximum atomic E-state index is 4.66. The van der Waals surface area contributed by atoms with Crippen molar-refractivity contribution in [2.45, 2.75) is 13.1 Å². The number of hydrogen-bond donors (Lipinski definition) is 1. The molecule has 4 nitrogen and oxygen atoms in total. The number of rotatable bonds is 5. The highest BCUT2D eigenvalue weighted by Gasteiger charge is 2.09. The van der Waals surface area contributed by atoms with Crippen molar-refractivity contribution >= 4 is 28.1 Å². The van der Waals surface area contributed by atoms with Gasteiger partial charge in [-0.25, -0.2) is 9.97 Å². The van der Waals surface area contributed by atoms with Crippen molar-refractivity contribution in [2.75, 3.05) is 19.4 Å². The predicted octanol–water partition coefficient (Wildman–Crippen LogP) is 3.37. The molecule has 0 saturated carbocycles. The van der Waals surface area contributed by atoms with E-state index in [0.717, 1.165) is 35.6 Å². The van der Waals surface area contributed by atoms with Gasteiger partial charge in [-0.3, -0.25) is 4.90 Å². The molecule has 0 amide bonds. The van der Waals surface area contributed by atoms with Gasteiger partial charge in [0.15, 0.2) is 0 Å². The fraction of sp³-hybridized carbons (Fsp3) is 0.250. The summed E-state index contributed by atoms with van der Waals surface area (Å²) >= 11 is 1.78. The minimum Gasteiger partial charge on any atom is -0.373 e. The van der Waals surface area contributed by atoms with E-state index < -0.39 is 0 Å². The van der Waals surface area contributed by atoms with Crippen LogP contribution in [0.4, 0.5) is 5.82 Å². The quantitative estimate of drug-likeness (QED) is 0.784. The average Bonchev–Trinajstić information content (AvgIpc) is 2.99. The number of nitrogens with one attached hydrogen (secondary N) is 1. The van der Waals surface area contributed by atoms with Crippen molar-refractivity contribution in [3.63, 3.8) is 0 Å². The van der Waals surface area contributed by atoms with Gasteiger partial charge in [0.2, 0.25) is 0 Å². The van der Waals surface area contributed by atoms with Crippen LogP contribution in [-0.2, 0) is 13.1 Å². The van der Waals surface area contributed by atoms with Gasteiger partial charge < -0.3 is 5.32 Å². The third-order valence-corrected chi connectivity index (χ3v) is 4.16. The topological polar surface area (TPSA) is 41.1 Å². The molecule has 0 unspecified atom stereocenters. The van der Waals surface area contributed by atoms with E-state index in [1.54, 1.807) is 11.3 Å². The summed E-state index contributed by atoms with van der Waals surface area (Å²) in [5, 5.41) is 6.33. The highest BCUT2D eigenvalue weighted by atomic mass is 32.1. The standard InChI is InChI=1S/C16H18N4S/c1-17-16-13-7-3-4-8-14(13)18-15(19-16)11-20(2)10-12-6-5-9-21-12/h3-9H,10-11H2,1-2H3,(H,17,18,19). The Balaban J connectivity index is 1.83. The third kappa shape index (κ3) is 3.20. The number of para-hydroxylation sites is 1. The largest absolute Gasteiger partial charge is 0.373 e. The smallest absolute Gasteiger partial charge is 0.145 e.